The molecule has 1 rings (SSSR count). The van der Waals surface area contributed by atoms with Crippen LogP contribution in [0, 0.1) is 5.92 Å². The molecule has 0 saturated carbocycles. The highest BCUT2D eigenvalue weighted by Gasteiger charge is 2.13. The third-order valence-electron chi connectivity index (χ3n) is 6.13. The zero-order chi connectivity index (χ0) is 30.5. The van der Waals surface area contributed by atoms with Crippen LogP contribution < -0.4 is 5.32 Å². The van der Waals surface area contributed by atoms with Crippen molar-refractivity contribution < 1.29 is 43.2 Å². The van der Waals surface area contributed by atoms with E-state index in [9.17, 15) is 19.2 Å². The first-order valence-corrected chi connectivity index (χ1v) is 14.3. The molecular weight excluding hydrogens is 532 g/mol. The number of carbonyl (C=O) groups is 4. The summed E-state index contributed by atoms with van der Waals surface area (Å²) in [7, 11) is 0. The first kappa shape index (κ1) is 36.3. The van der Waals surface area contributed by atoms with Crippen LogP contribution in [0.15, 0.2) is 24.3 Å². The molecule has 0 spiro atoms. The van der Waals surface area contributed by atoms with Gasteiger partial charge in [-0.15, -0.1) is 0 Å². The topological polar surface area (TPSA) is 141 Å². The monoisotopic (exact) mass is 580 g/mol. The molecule has 0 fully saturated rings. The van der Waals surface area contributed by atoms with Crippen LogP contribution in [0.3, 0.4) is 0 Å². The molecule has 0 heterocycles. The highest BCUT2D eigenvalue weighted by Crippen LogP contribution is 2.13. The molecule has 0 radical (unpaired) electrons. The molecule has 0 unspecified atom stereocenters. The third kappa shape index (κ3) is 18.4. The maximum Gasteiger partial charge on any atom is 0.304 e. The number of nitrogens with one attached hydrogen (secondary N) is 1. The Hall–Kier alpha value is -2.70. The van der Waals surface area contributed by atoms with E-state index in [1.807, 2.05) is 52.0 Å². The Balaban J connectivity index is 2.05. The molecule has 0 aliphatic rings. The average Bonchev–Trinajstić information content (AvgIpc) is 2.93. The van der Waals surface area contributed by atoms with Crippen LogP contribution in [-0.2, 0) is 39.9 Å². The van der Waals surface area contributed by atoms with Crippen LogP contribution in [0.1, 0.15) is 62.9 Å². The molecule has 232 valence electrons. The minimum Gasteiger partial charge on any atom is -0.481 e. The molecule has 0 bridgehead atoms. The van der Waals surface area contributed by atoms with Gasteiger partial charge in [-0.05, 0) is 25.8 Å². The maximum absolute atomic E-state index is 12.5. The number of carboxylic acids is 1. The Morgan fingerprint density at radius 2 is 1.41 bits per heavy atom. The molecule has 0 aromatic heterocycles. The van der Waals surface area contributed by atoms with Crippen molar-refractivity contribution in [1.29, 1.82) is 0 Å². The zero-order valence-corrected chi connectivity index (χ0v) is 25.0. The number of hydrogen-bond donors (Lipinski definition) is 2. The zero-order valence-electron chi connectivity index (χ0n) is 25.0. The first-order chi connectivity index (χ1) is 19.6. The lowest BCUT2D eigenvalue weighted by Gasteiger charge is -2.25. The van der Waals surface area contributed by atoms with Crippen LogP contribution in [0.4, 0.5) is 0 Å². The molecule has 0 aliphatic carbocycles. The Morgan fingerprint density at radius 1 is 0.805 bits per heavy atom. The van der Waals surface area contributed by atoms with Gasteiger partial charge >= 0.3 is 5.97 Å². The smallest absolute Gasteiger partial charge is 0.304 e. The van der Waals surface area contributed by atoms with Gasteiger partial charge in [-0.2, -0.15) is 0 Å². The van der Waals surface area contributed by atoms with Crippen molar-refractivity contribution in [3.63, 3.8) is 0 Å². The summed E-state index contributed by atoms with van der Waals surface area (Å²) in [4.78, 5) is 48.6. The number of carbonyl (C=O) groups excluding carboxylic acids is 3. The van der Waals surface area contributed by atoms with Crippen molar-refractivity contribution in [2.45, 2.75) is 59.5 Å². The number of amides is 1. The second-order valence-electron chi connectivity index (χ2n) is 10.2. The molecule has 1 aromatic carbocycles. The van der Waals surface area contributed by atoms with Gasteiger partial charge < -0.3 is 29.4 Å². The van der Waals surface area contributed by atoms with Crippen molar-refractivity contribution in [3.05, 3.63) is 35.4 Å². The number of Topliss-reactive ketones (excluding diaryl/α,β-unsaturated/α-hetero) is 2. The van der Waals surface area contributed by atoms with Gasteiger partial charge in [0.2, 0.25) is 5.91 Å². The van der Waals surface area contributed by atoms with Gasteiger partial charge in [-0.25, -0.2) is 0 Å². The van der Waals surface area contributed by atoms with Crippen LogP contribution >= 0.6 is 0 Å². The SMILES string of the molecule is CC(C)C(=O)COCCOCCNC(=O)COCCOCCCC(=O)c1ccc(CN(CCC(=O)O)C(C)C)cc1. The summed E-state index contributed by atoms with van der Waals surface area (Å²) in [6.45, 7) is 11.2. The first-order valence-electron chi connectivity index (χ1n) is 14.3. The molecule has 1 amide bonds. The highest BCUT2D eigenvalue weighted by molar-refractivity contribution is 5.96. The summed E-state index contributed by atoms with van der Waals surface area (Å²) in [6.07, 6.45) is 1.04. The fourth-order valence-corrected chi connectivity index (χ4v) is 3.53. The van der Waals surface area contributed by atoms with Crippen molar-refractivity contribution in [2.24, 2.45) is 5.92 Å². The Labute approximate surface area is 243 Å². The Bertz CT molecular complexity index is 904. The van der Waals surface area contributed by atoms with Crippen LogP contribution in [0.5, 0.6) is 0 Å². The summed E-state index contributed by atoms with van der Waals surface area (Å²) >= 11 is 0. The van der Waals surface area contributed by atoms with E-state index in [-0.39, 0.29) is 55.7 Å². The van der Waals surface area contributed by atoms with Crippen molar-refractivity contribution in [1.82, 2.24) is 10.2 Å². The largest absolute Gasteiger partial charge is 0.481 e. The van der Waals surface area contributed by atoms with Gasteiger partial charge in [0.25, 0.3) is 0 Å². The van der Waals surface area contributed by atoms with Crippen LogP contribution in [0.2, 0.25) is 0 Å². The van der Waals surface area contributed by atoms with Crippen molar-refractivity contribution >= 4 is 23.4 Å². The third-order valence-corrected chi connectivity index (χ3v) is 6.13. The second kappa shape index (κ2) is 22.0. The minimum atomic E-state index is -0.814. The van der Waals surface area contributed by atoms with Gasteiger partial charge in [0.1, 0.15) is 13.2 Å². The minimum absolute atomic E-state index is 0.0393. The van der Waals surface area contributed by atoms with E-state index in [1.165, 1.54) is 0 Å². The quantitative estimate of drug-likeness (QED) is 0.131. The molecule has 2 N–H and O–H groups in total. The molecule has 1 aromatic rings. The van der Waals surface area contributed by atoms with E-state index in [2.05, 4.69) is 10.2 Å². The lowest BCUT2D eigenvalue weighted by Crippen LogP contribution is -2.32. The summed E-state index contributed by atoms with van der Waals surface area (Å²) < 4.78 is 21.3. The number of ketones is 2. The normalized spacial score (nSPS) is 11.4. The number of nitrogens with zero attached hydrogens (tertiary/aromatic N) is 1. The van der Waals surface area contributed by atoms with Gasteiger partial charge in [-0.3, -0.25) is 24.1 Å². The van der Waals surface area contributed by atoms with Crippen molar-refractivity contribution in [3.8, 4) is 0 Å². The lowest BCUT2D eigenvalue weighted by molar-refractivity contribution is -0.137. The lowest BCUT2D eigenvalue weighted by atomic mass is 10.0. The van der Waals surface area contributed by atoms with E-state index < -0.39 is 5.97 Å². The molecule has 0 aliphatic heterocycles. The number of benzene rings is 1. The van der Waals surface area contributed by atoms with E-state index in [1.54, 1.807) is 0 Å². The van der Waals surface area contributed by atoms with E-state index >= 15 is 0 Å². The molecule has 11 heteroatoms. The number of aliphatic carboxylic acids is 1. The second-order valence-corrected chi connectivity index (χ2v) is 10.2. The van der Waals surface area contributed by atoms with Gasteiger partial charge in [0, 0.05) is 50.2 Å². The summed E-state index contributed by atoms with van der Waals surface area (Å²) in [5.41, 5.74) is 1.67. The Morgan fingerprint density at radius 3 is 2.02 bits per heavy atom. The summed E-state index contributed by atoms with van der Waals surface area (Å²) in [5.74, 6) is -1.01. The number of rotatable bonds is 25. The molecule has 0 saturated heterocycles. The van der Waals surface area contributed by atoms with Crippen molar-refractivity contribution in [2.75, 3.05) is 65.9 Å². The number of ether oxygens (including phenoxy) is 4. The summed E-state index contributed by atoms with van der Waals surface area (Å²) in [5, 5.41) is 11.6. The summed E-state index contributed by atoms with van der Waals surface area (Å²) in [6, 6.07) is 7.66. The molecular formula is C30H48N2O9. The molecule has 41 heavy (non-hydrogen) atoms. The van der Waals surface area contributed by atoms with Gasteiger partial charge in [-0.1, -0.05) is 38.1 Å². The fraction of sp³-hybridized carbons (Fsp3) is 0.667. The van der Waals surface area contributed by atoms with E-state index in [0.29, 0.717) is 71.1 Å². The van der Waals surface area contributed by atoms with Crippen LogP contribution in [0.25, 0.3) is 0 Å². The standard InChI is InChI=1S/C30H48N2O9/c1-23(2)28(34)21-40-18-17-39-15-12-31-29(35)22-41-19-16-38-14-5-6-27(33)26-9-7-25(8-10-26)20-32(24(3)4)13-11-30(36)37/h7-10,23-24H,5-6,11-22H2,1-4H3,(H,31,35)(H,36,37). The molecule has 11 nitrogen and oxygen atoms in total. The maximum atomic E-state index is 12.5. The Kier molecular flexibility index (Phi) is 19.5. The van der Waals surface area contributed by atoms with E-state index in [4.69, 9.17) is 24.1 Å². The average molecular weight is 581 g/mol. The van der Waals surface area contributed by atoms with Gasteiger partial charge in [0.15, 0.2) is 11.6 Å². The predicted octanol–water partition coefficient (Wildman–Crippen LogP) is 2.74. The number of carboxylic acid groups (broad SMARTS) is 1. The van der Waals surface area contributed by atoms with Crippen LogP contribution in [-0.4, -0.2) is 105 Å². The van der Waals surface area contributed by atoms with Gasteiger partial charge in [0.05, 0.1) is 39.5 Å². The highest BCUT2D eigenvalue weighted by atomic mass is 16.5. The van der Waals surface area contributed by atoms with E-state index in [0.717, 1.165) is 5.56 Å². The number of hydrogen-bond acceptors (Lipinski definition) is 9. The molecule has 0 atom stereocenters. The fourth-order valence-electron chi connectivity index (χ4n) is 3.53. The predicted molar refractivity (Wildman–Crippen MR) is 154 cm³/mol.